The minimum atomic E-state index is -0.564. The van der Waals surface area contributed by atoms with E-state index in [-0.39, 0.29) is 17.5 Å². The number of halogens is 1. The van der Waals surface area contributed by atoms with Gasteiger partial charge in [0.15, 0.2) is 5.58 Å². The van der Waals surface area contributed by atoms with Crippen LogP contribution in [-0.4, -0.2) is 22.7 Å². The fourth-order valence-corrected chi connectivity index (χ4v) is 1.28. The van der Waals surface area contributed by atoms with Gasteiger partial charge in [-0.1, -0.05) is 16.8 Å². The molecule has 0 amide bonds. The third-order valence-electron chi connectivity index (χ3n) is 1.75. The lowest BCUT2D eigenvalue weighted by Gasteiger charge is -1.96. The van der Waals surface area contributed by atoms with E-state index in [1.807, 2.05) is 0 Å². The lowest BCUT2D eigenvalue weighted by molar-refractivity contribution is 0.0516. The average molecular weight is 227 g/mol. The summed E-state index contributed by atoms with van der Waals surface area (Å²) in [5.41, 5.74) is 0.776. The molecule has 6 heteroatoms. The van der Waals surface area contributed by atoms with E-state index in [2.05, 4.69) is 10.1 Å². The maximum atomic E-state index is 11.4. The van der Waals surface area contributed by atoms with Crippen LogP contribution in [0.3, 0.4) is 0 Å². The monoisotopic (exact) mass is 226 g/mol. The topological polar surface area (TPSA) is 65.2 Å². The summed E-state index contributed by atoms with van der Waals surface area (Å²) in [6.45, 7) is 1.98. The first kappa shape index (κ1) is 9.92. The van der Waals surface area contributed by atoms with E-state index in [0.717, 1.165) is 0 Å². The lowest BCUT2D eigenvalue weighted by Crippen LogP contribution is -2.05. The second kappa shape index (κ2) is 3.86. The first-order chi connectivity index (χ1) is 7.22. The van der Waals surface area contributed by atoms with Crippen LogP contribution < -0.4 is 0 Å². The van der Waals surface area contributed by atoms with Crippen molar-refractivity contribution >= 4 is 28.7 Å². The van der Waals surface area contributed by atoms with Crippen molar-refractivity contribution in [2.75, 3.05) is 6.61 Å². The van der Waals surface area contributed by atoms with Crippen molar-refractivity contribution in [3.63, 3.8) is 0 Å². The van der Waals surface area contributed by atoms with Gasteiger partial charge in [0, 0.05) is 0 Å². The molecule has 2 rings (SSSR count). The quantitative estimate of drug-likeness (QED) is 0.579. The van der Waals surface area contributed by atoms with Crippen molar-refractivity contribution in [3.05, 3.63) is 23.0 Å². The first-order valence-corrected chi connectivity index (χ1v) is 4.69. The van der Waals surface area contributed by atoms with Crippen molar-refractivity contribution in [1.29, 1.82) is 0 Å². The fraction of sp³-hybridized carbons (Fsp3) is 0.222. The Kier molecular flexibility index (Phi) is 2.55. The zero-order valence-corrected chi connectivity index (χ0v) is 8.61. The highest BCUT2D eigenvalue weighted by molar-refractivity contribution is 6.29. The number of nitrogens with zero attached hydrogens (tertiary/aromatic N) is 2. The summed E-state index contributed by atoms with van der Waals surface area (Å²) in [6.07, 6.45) is 0. The number of aromatic nitrogens is 2. The molecule has 0 fully saturated rings. The molecule has 0 aromatic carbocycles. The molecule has 0 aliphatic rings. The Hall–Kier alpha value is -1.62. The van der Waals surface area contributed by atoms with Crippen LogP contribution in [0.25, 0.3) is 11.1 Å². The molecule has 0 spiro atoms. The standard InChI is InChI=1S/C9H7ClN2O3/c1-2-14-9(13)8-7-5(15-12-8)3-4-6(10)11-7/h3-4H,2H2,1H3. The molecule has 0 aliphatic carbocycles. The van der Waals surface area contributed by atoms with Gasteiger partial charge in [-0.3, -0.25) is 0 Å². The van der Waals surface area contributed by atoms with Crippen LogP contribution in [0.2, 0.25) is 5.15 Å². The van der Waals surface area contributed by atoms with Crippen molar-refractivity contribution < 1.29 is 14.1 Å². The summed E-state index contributed by atoms with van der Waals surface area (Å²) in [5.74, 6) is -0.564. The Morgan fingerprint density at radius 1 is 1.60 bits per heavy atom. The van der Waals surface area contributed by atoms with Gasteiger partial charge in [0.2, 0.25) is 5.69 Å². The van der Waals surface area contributed by atoms with Crippen molar-refractivity contribution in [2.24, 2.45) is 0 Å². The summed E-state index contributed by atoms with van der Waals surface area (Å²) >= 11 is 5.70. The molecule has 2 aromatic rings. The molecule has 0 radical (unpaired) electrons. The van der Waals surface area contributed by atoms with Crippen LogP contribution in [0.1, 0.15) is 17.4 Å². The predicted octanol–water partition coefficient (Wildman–Crippen LogP) is 2.05. The van der Waals surface area contributed by atoms with Crippen molar-refractivity contribution in [1.82, 2.24) is 10.1 Å². The summed E-state index contributed by atoms with van der Waals surface area (Å²) < 4.78 is 9.69. The molecular weight excluding hydrogens is 220 g/mol. The predicted molar refractivity (Wildman–Crippen MR) is 52.8 cm³/mol. The molecule has 0 bridgehead atoms. The van der Waals surface area contributed by atoms with Crippen LogP contribution in [0.15, 0.2) is 16.7 Å². The van der Waals surface area contributed by atoms with Gasteiger partial charge in [0.05, 0.1) is 6.61 Å². The van der Waals surface area contributed by atoms with Crippen LogP contribution in [-0.2, 0) is 4.74 Å². The number of carbonyl (C=O) groups excluding carboxylic acids is 1. The van der Waals surface area contributed by atoms with Crippen LogP contribution in [0.4, 0.5) is 0 Å². The Morgan fingerprint density at radius 3 is 3.13 bits per heavy atom. The molecule has 78 valence electrons. The van der Waals surface area contributed by atoms with Crippen molar-refractivity contribution in [2.45, 2.75) is 6.92 Å². The van der Waals surface area contributed by atoms with Gasteiger partial charge in [-0.2, -0.15) is 0 Å². The third-order valence-corrected chi connectivity index (χ3v) is 1.96. The number of rotatable bonds is 2. The van der Waals surface area contributed by atoms with Crippen molar-refractivity contribution in [3.8, 4) is 0 Å². The minimum absolute atomic E-state index is 0.0503. The SMILES string of the molecule is CCOC(=O)c1noc2ccc(Cl)nc12. The Balaban J connectivity index is 2.52. The van der Waals surface area contributed by atoms with E-state index < -0.39 is 5.97 Å². The summed E-state index contributed by atoms with van der Waals surface area (Å²) in [7, 11) is 0. The molecule has 0 saturated carbocycles. The average Bonchev–Trinajstić information content (AvgIpc) is 2.60. The number of pyridine rings is 1. The maximum Gasteiger partial charge on any atom is 0.362 e. The van der Waals surface area contributed by atoms with Crippen LogP contribution in [0.5, 0.6) is 0 Å². The highest BCUT2D eigenvalue weighted by Gasteiger charge is 2.18. The number of fused-ring (bicyclic) bond motifs is 1. The minimum Gasteiger partial charge on any atom is -0.461 e. The first-order valence-electron chi connectivity index (χ1n) is 4.31. The highest BCUT2D eigenvalue weighted by Crippen LogP contribution is 2.19. The molecule has 0 N–H and O–H groups in total. The largest absolute Gasteiger partial charge is 0.461 e. The lowest BCUT2D eigenvalue weighted by atomic mass is 10.3. The molecule has 15 heavy (non-hydrogen) atoms. The Bertz CT molecular complexity index is 509. The van der Waals surface area contributed by atoms with Gasteiger partial charge in [-0.15, -0.1) is 0 Å². The number of hydrogen-bond acceptors (Lipinski definition) is 5. The van der Waals surface area contributed by atoms with Crippen LogP contribution >= 0.6 is 11.6 Å². The highest BCUT2D eigenvalue weighted by atomic mass is 35.5. The maximum absolute atomic E-state index is 11.4. The van der Waals surface area contributed by atoms with Crippen LogP contribution in [0, 0.1) is 0 Å². The van der Waals surface area contributed by atoms with Gasteiger partial charge in [-0.25, -0.2) is 9.78 Å². The van der Waals surface area contributed by atoms with Gasteiger partial charge >= 0.3 is 5.97 Å². The van der Waals surface area contributed by atoms with Gasteiger partial charge in [0.25, 0.3) is 0 Å². The Morgan fingerprint density at radius 2 is 2.40 bits per heavy atom. The van der Waals surface area contributed by atoms with E-state index in [1.165, 1.54) is 0 Å². The fourth-order valence-electron chi connectivity index (χ4n) is 1.14. The van der Waals surface area contributed by atoms with Gasteiger partial charge in [0.1, 0.15) is 10.7 Å². The molecule has 0 atom stereocenters. The van der Waals surface area contributed by atoms with E-state index in [9.17, 15) is 4.79 Å². The number of hydrogen-bond donors (Lipinski definition) is 0. The smallest absolute Gasteiger partial charge is 0.362 e. The zero-order valence-electron chi connectivity index (χ0n) is 7.86. The van der Waals surface area contributed by atoms with E-state index in [1.54, 1.807) is 19.1 Å². The zero-order chi connectivity index (χ0) is 10.8. The van der Waals surface area contributed by atoms with E-state index in [4.69, 9.17) is 20.9 Å². The molecule has 2 aromatic heterocycles. The number of esters is 1. The third kappa shape index (κ3) is 1.78. The summed E-state index contributed by atoms with van der Waals surface area (Å²) in [5, 5.41) is 3.86. The molecule has 5 nitrogen and oxygen atoms in total. The summed E-state index contributed by atoms with van der Waals surface area (Å²) in [4.78, 5) is 15.4. The molecule has 0 aliphatic heterocycles. The van der Waals surface area contributed by atoms with E-state index >= 15 is 0 Å². The molecular formula is C9H7ClN2O3. The Labute approximate surface area is 90.0 Å². The van der Waals surface area contributed by atoms with Gasteiger partial charge < -0.3 is 9.26 Å². The molecule has 2 heterocycles. The summed E-state index contributed by atoms with van der Waals surface area (Å²) in [6, 6.07) is 3.16. The number of ether oxygens (including phenoxy) is 1. The molecule has 0 saturated heterocycles. The normalized spacial score (nSPS) is 10.5. The second-order valence-corrected chi connectivity index (χ2v) is 3.12. The molecule has 0 unspecified atom stereocenters. The van der Waals surface area contributed by atoms with E-state index in [0.29, 0.717) is 11.1 Å². The number of carbonyl (C=O) groups is 1. The van der Waals surface area contributed by atoms with Gasteiger partial charge in [-0.05, 0) is 19.1 Å². The second-order valence-electron chi connectivity index (χ2n) is 2.73.